The SMILES string of the molecule is C=CCOCC(=C)C(=O)OCCN(C)C(C)=O. The number of hydrogen-bond donors (Lipinski definition) is 0. The third-order valence-electron chi connectivity index (χ3n) is 2.00. The second kappa shape index (κ2) is 8.52. The maximum Gasteiger partial charge on any atom is 0.335 e. The van der Waals surface area contributed by atoms with E-state index < -0.39 is 5.97 Å². The van der Waals surface area contributed by atoms with Crippen molar-refractivity contribution < 1.29 is 19.1 Å². The molecule has 0 saturated heterocycles. The molecule has 0 aliphatic heterocycles. The lowest BCUT2D eigenvalue weighted by molar-refractivity contribution is -0.141. The Bertz CT molecular complexity index is 299. The summed E-state index contributed by atoms with van der Waals surface area (Å²) < 4.78 is 9.97. The molecule has 0 aliphatic rings. The number of carbonyl (C=O) groups excluding carboxylic acids is 2. The smallest absolute Gasteiger partial charge is 0.335 e. The fourth-order valence-electron chi connectivity index (χ4n) is 0.859. The minimum atomic E-state index is -0.508. The van der Waals surface area contributed by atoms with Crippen LogP contribution in [0.1, 0.15) is 6.92 Å². The minimum Gasteiger partial charge on any atom is -0.460 e. The molecule has 96 valence electrons. The Kier molecular flexibility index (Phi) is 7.71. The van der Waals surface area contributed by atoms with Crippen LogP contribution in [0.4, 0.5) is 0 Å². The van der Waals surface area contributed by atoms with Gasteiger partial charge < -0.3 is 14.4 Å². The summed E-state index contributed by atoms with van der Waals surface area (Å²) in [7, 11) is 1.64. The summed E-state index contributed by atoms with van der Waals surface area (Å²) >= 11 is 0. The zero-order valence-electron chi connectivity index (χ0n) is 10.4. The summed E-state index contributed by atoms with van der Waals surface area (Å²) in [4.78, 5) is 23.7. The van der Waals surface area contributed by atoms with Crippen molar-refractivity contribution in [3.05, 3.63) is 24.8 Å². The summed E-state index contributed by atoms with van der Waals surface area (Å²) in [6, 6.07) is 0. The predicted molar refractivity (Wildman–Crippen MR) is 64.4 cm³/mol. The number of amides is 1. The Morgan fingerprint density at radius 3 is 2.59 bits per heavy atom. The molecule has 0 fully saturated rings. The molecule has 17 heavy (non-hydrogen) atoms. The fraction of sp³-hybridized carbons (Fsp3) is 0.500. The van der Waals surface area contributed by atoms with Gasteiger partial charge in [-0.3, -0.25) is 4.79 Å². The van der Waals surface area contributed by atoms with Gasteiger partial charge in [0.25, 0.3) is 0 Å². The molecular weight excluding hydrogens is 222 g/mol. The van der Waals surface area contributed by atoms with Gasteiger partial charge in [0.15, 0.2) is 0 Å². The first-order valence-electron chi connectivity index (χ1n) is 5.24. The average molecular weight is 241 g/mol. The Morgan fingerprint density at radius 1 is 1.41 bits per heavy atom. The summed E-state index contributed by atoms with van der Waals surface area (Å²) in [6.45, 7) is 9.46. The van der Waals surface area contributed by atoms with Crippen molar-refractivity contribution in [1.82, 2.24) is 4.90 Å². The first kappa shape index (κ1) is 15.4. The van der Waals surface area contributed by atoms with Crippen molar-refractivity contribution in [3.63, 3.8) is 0 Å². The first-order valence-corrected chi connectivity index (χ1v) is 5.24. The summed E-state index contributed by atoms with van der Waals surface area (Å²) in [6.07, 6.45) is 1.58. The van der Waals surface area contributed by atoms with Crippen molar-refractivity contribution in [2.24, 2.45) is 0 Å². The molecule has 0 spiro atoms. The third-order valence-corrected chi connectivity index (χ3v) is 2.00. The minimum absolute atomic E-state index is 0.0748. The van der Waals surface area contributed by atoms with Gasteiger partial charge in [0.2, 0.25) is 5.91 Å². The summed E-state index contributed by atoms with van der Waals surface area (Å²) in [5.74, 6) is -0.583. The lowest BCUT2D eigenvalue weighted by Crippen LogP contribution is -2.28. The van der Waals surface area contributed by atoms with Crippen molar-refractivity contribution in [2.75, 3.05) is 33.4 Å². The molecule has 0 bridgehead atoms. The largest absolute Gasteiger partial charge is 0.460 e. The van der Waals surface area contributed by atoms with E-state index in [1.54, 1.807) is 13.1 Å². The van der Waals surface area contributed by atoms with Gasteiger partial charge in [-0.15, -0.1) is 6.58 Å². The Morgan fingerprint density at radius 2 is 2.06 bits per heavy atom. The van der Waals surface area contributed by atoms with Crippen LogP contribution in [0, 0.1) is 0 Å². The van der Waals surface area contributed by atoms with Gasteiger partial charge in [0.1, 0.15) is 6.61 Å². The highest BCUT2D eigenvalue weighted by Crippen LogP contribution is 1.96. The Labute approximate surface area is 102 Å². The van der Waals surface area contributed by atoms with Gasteiger partial charge in [-0.25, -0.2) is 4.79 Å². The molecule has 0 N–H and O–H groups in total. The molecular formula is C12H19NO4. The van der Waals surface area contributed by atoms with Crippen LogP contribution < -0.4 is 0 Å². The molecule has 0 aromatic carbocycles. The number of carbonyl (C=O) groups is 2. The standard InChI is InChI=1S/C12H19NO4/c1-5-7-16-9-10(2)12(15)17-8-6-13(4)11(3)14/h5H,1-2,6-9H2,3-4H3. The number of likely N-dealkylation sites (N-methyl/N-ethyl adjacent to an activating group) is 1. The maximum atomic E-state index is 11.4. The highest BCUT2D eigenvalue weighted by molar-refractivity contribution is 5.88. The van der Waals surface area contributed by atoms with Crippen LogP contribution in [0.3, 0.4) is 0 Å². The molecule has 0 unspecified atom stereocenters. The second-order valence-electron chi connectivity index (χ2n) is 3.48. The van der Waals surface area contributed by atoms with Crippen molar-refractivity contribution in [3.8, 4) is 0 Å². The van der Waals surface area contributed by atoms with Gasteiger partial charge in [-0.05, 0) is 0 Å². The molecule has 0 aromatic rings. The van der Waals surface area contributed by atoms with Crippen LogP contribution in [-0.2, 0) is 19.1 Å². The van der Waals surface area contributed by atoms with Crippen LogP contribution in [0.25, 0.3) is 0 Å². The maximum absolute atomic E-state index is 11.4. The van der Waals surface area contributed by atoms with E-state index in [0.29, 0.717) is 13.2 Å². The molecule has 0 heterocycles. The van der Waals surface area contributed by atoms with Crippen LogP contribution in [0.5, 0.6) is 0 Å². The van der Waals surface area contributed by atoms with E-state index in [2.05, 4.69) is 13.2 Å². The van der Waals surface area contributed by atoms with Gasteiger partial charge in [-0.2, -0.15) is 0 Å². The quantitative estimate of drug-likeness (QED) is 0.272. The zero-order chi connectivity index (χ0) is 13.3. The van der Waals surface area contributed by atoms with E-state index in [1.807, 2.05) is 0 Å². The molecule has 0 aliphatic carbocycles. The summed E-state index contributed by atoms with van der Waals surface area (Å²) in [5, 5.41) is 0. The van der Waals surface area contributed by atoms with E-state index >= 15 is 0 Å². The molecule has 5 heteroatoms. The predicted octanol–water partition coefficient (Wildman–Crippen LogP) is 0.767. The normalized spacial score (nSPS) is 9.53. The van der Waals surface area contributed by atoms with E-state index in [1.165, 1.54) is 11.8 Å². The third kappa shape index (κ3) is 7.30. The zero-order valence-corrected chi connectivity index (χ0v) is 10.4. The lowest BCUT2D eigenvalue weighted by Gasteiger charge is -2.14. The average Bonchev–Trinajstić information content (AvgIpc) is 2.28. The molecule has 0 rings (SSSR count). The van der Waals surface area contributed by atoms with Crippen molar-refractivity contribution in [2.45, 2.75) is 6.92 Å². The number of ether oxygens (including phenoxy) is 2. The molecule has 1 amide bonds. The molecule has 0 radical (unpaired) electrons. The van der Waals surface area contributed by atoms with Crippen molar-refractivity contribution >= 4 is 11.9 Å². The molecule has 5 nitrogen and oxygen atoms in total. The van der Waals surface area contributed by atoms with Gasteiger partial charge in [-0.1, -0.05) is 12.7 Å². The number of nitrogens with zero attached hydrogens (tertiary/aromatic N) is 1. The number of rotatable bonds is 8. The molecule has 0 atom stereocenters. The monoisotopic (exact) mass is 241 g/mol. The summed E-state index contributed by atoms with van der Waals surface area (Å²) in [5.41, 5.74) is 0.248. The van der Waals surface area contributed by atoms with Gasteiger partial charge >= 0.3 is 5.97 Å². The van der Waals surface area contributed by atoms with E-state index in [-0.39, 0.29) is 24.7 Å². The van der Waals surface area contributed by atoms with E-state index in [9.17, 15) is 9.59 Å². The lowest BCUT2D eigenvalue weighted by atomic mass is 10.3. The number of esters is 1. The van der Waals surface area contributed by atoms with Gasteiger partial charge in [0.05, 0.1) is 25.3 Å². The highest BCUT2D eigenvalue weighted by Gasteiger charge is 2.09. The Hall–Kier alpha value is -1.62. The van der Waals surface area contributed by atoms with Crippen LogP contribution >= 0.6 is 0 Å². The van der Waals surface area contributed by atoms with E-state index in [0.717, 1.165) is 0 Å². The van der Waals surface area contributed by atoms with E-state index in [4.69, 9.17) is 9.47 Å². The first-order chi connectivity index (χ1) is 7.99. The topological polar surface area (TPSA) is 55.8 Å². The van der Waals surface area contributed by atoms with Crippen LogP contribution in [-0.4, -0.2) is 50.2 Å². The molecule has 0 saturated carbocycles. The van der Waals surface area contributed by atoms with Crippen molar-refractivity contribution in [1.29, 1.82) is 0 Å². The van der Waals surface area contributed by atoms with Crippen LogP contribution in [0.2, 0.25) is 0 Å². The fourth-order valence-corrected chi connectivity index (χ4v) is 0.859. The van der Waals surface area contributed by atoms with Crippen LogP contribution in [0.15, 0.2) is 24.8 Å². The van der Waals surface area contributed by atoms with Gasteiger partial charge in [0, 0.05) is 14.0 Å². The highest BCUT2D eigenvalue weighted by atomic mass is 16.5. The second-order valence-corrected chi connectivity index (χ2v) is 3.48. The number of hydrogen-bond acceptors (Lipinski definition) is 4. The molecule has 0 aromatic heterocycles. The Balaban J connectivity index is 3.74.